The smallest absolute Gasteiger partial charge is 0.408 e. The van der Waals surface area contributed by atoms with Crippen molar-refractivity contribution in [2.24, 2.45) is 0 Å². The Kier molecular flexibility index (Phi) is 10.0. The van der Waals surface area contributed by atoms with Gasteiger partial charge in [0.25, 0.3) is 0 Å². The molecule has 3 N–H and O–H groups in total. The quantitative estimate of drug-likeness (QED) is 0.391. The molecule has 0 aliphatic heterocycles. The number of thiol groups is 1. The molecule has 0 saturated heterocycles. The van der Waals surface area contributed by atoms with Gasteiger partial charge in [-0.3, -0.25) is 9.59 Å². The van der Waals surface area contributed by atoms with Crippen molar-refractivity contribution in [2.75, 3.05) is 5.75 Å². The number of carbonyl (C=O) groups excluding carboxylic acids is 3. The molecule has 2 aromatic carbocycles. The van der Waals surface area contributed by atoms with Crippen molar-refractivity contribution in [1.29, 1.82) is 0 Å². The maximum absolute atomic E-state index is 13.7. The van der Waals surface area contributed by atoms with Gasteiger partial charge in [0.15, 0.2) is 0 Å². The van der Waals surface area contributed by atoms with Crippen LogP contribution in [0.2, 0.25) is 0 Å². The second-order valence-corrected chi connectivity index (χ2v) is 9.79. The first-order valence-electron chi connectivity index (χ1n) is 11.5. The lowest BCUT2D eigenvalue weighted by atomic mass is 10.0. The number of phenols is 1. The zero-order valence-corrected chi connectivity index (χ0v) is 21.7. The van der Waals surface area contributed by atoms with Crippen molar-refractivity contribution in [3.05, 3.63) is 65.7 Å². The molecule has 0 saturated carbocycles. The molecule has 2 atom stereocenters. The Balaban J connectivity index is 2.38. The second kappa shape index (κ2) is 12.5. The number of alkyl carbamates (subject to hydrolysis) is 1. The molecule has 0 radical (unpaired) electrons. The lowest BCUT2D eigenvalue weighted by Crippen LogP contribution is -2.55. The molecule has 0 fully saturated rings. The number of nitrogens with one attached hydrogen (secondary N) is 2. The van der Waals surface area contributed by atoms with Gasteiger partial charge in [0.2, 0.25) is 11.8 Å². The molecule has 9 heteroatoms. The highest BCUT2D eigenvalue weighted by atomic mass is 32.1. The Hall–Kier alpha value is -3.20. The van der Waals surface area contributed by atoms with Gasteiger partial charge in [-0.15, -0.1) is 0 Å². The Bertz CT molecular complexity index is 1010. The van der Waals surface area contributed by atoms with E-state index in [2.05, 4.69) is 23.3 Å². The van der Waals surface area contributed by atoms with Crippen molar-refractivity contribution < 1.29 is 24.2 Å². The van der Waals surface area contributed by atoms with Gasteiger partial charge in [0.1, 0.15) is 23.4 Å². The number of rotatable bonds is 9. The minimum absolute atomic E-state index is 0.000307. The van der Waals surface area contributed by atoms with E-state index >= 15 is 0 Å². The third kappa shape index (κ3) is 8.51. The van der Waals surface area contributed by atoms with Gasteiger partial charge in [0, 0.05) is 18.3 Å². The van der Waals surface area contributed by atoms with Crippen LogP contribution in [0.15, 0.2) is 54.6 Å². The third-order valence-corrected chi connectivity index (χ3v) is 5.37. The molecule has 3 amide bonds. The summed E-state index contributed by atoms with van der Waals surface area (Å²) in [5.74, 6) is -0.947. The van der Waals surface area contributed by atoms with E-state index in [1.165, 1.54) is 17.0 Å². The Morgan fingerprint density at radius 1 is 1.06 bits per heavy atom. The fourth-order valence-electron chi connectivity index (χ4n) is 3.51. The summed E-state index contributed by atoms with van der Waals surface area (Å²) in [5, 5.41) is 15.5. The van der Waals surface area contributed by atoms with Crippen LogP contribution in [0.3, 0.4) is 0 Å². The molecule has 0 heterocycles. The number of hydrogen-bond donors (Lipinski definition) is 4. The molecule has 2 unspecified atom stereocenters. The molecule has 8 nitrogen and oxygen atoms in total. The van der Waals surface area contributed by atoms with Crippen molar-refractivity contribution in [2.45, 2.75) is 64.9 Å². The summed E-state index contributed by atoms with van der Waals surface area (Å²) in [6.07, 6.45) is -0.754. The first kappa shape index (κ1) is 28.0. The fourth-order valence-corrected chi connectivity index (χ4v) is 3.76. The zero-order valence-electron chi connectivity index (χ0n) is 20.8. The Labute approximate surface area is 212 Å². The van der Waals surface area contributed by atoms with Gasteiger partial charge in [-0.1, -0.05) is 42.5 Å². The van der Waals surface area contributed by atoms with Gasteiger partial charge in [0.05, 0.1) is 0 Å². The average molecular weight is 502 g/mol. The molecule has 0 spiro atoms. The van der Waals surface area contributed by atoms with Crippen molar-refractivity contribution in [3.8, 4) is 5.75 Å². The van der Waals surface area contributed by atoms with E-state index < -0.39 is 41.6 Å². The first-order valence-corrected chi connectivity index (χ1v) is 12.1. The van der Waals surface area contributed by atoms with Crippen molar-refractivity contribution >= 4 is 30.5 Å². The number of benzene rings is 2. The minimum Gasteiger partial charge on any atom is -0.508 e. The molecule has 35 heavy (non-hydrogen) atoms. The maximum atomic E-state index is 13.7. The highest BCUT2D eigenvalue weighted by molar-refractivity contribution is 7.80. The lowest BCUT2D eigenvalue weighted by Gasteiger charge is -2.37. The van der Waals surface area contributed by atoms with Crippen LogP contribution in [0.25, 0.3) is 0 Å². The predicted molar refractivity (Wildman–Crippen MR) is 138 cm³/mol. The van der Waals surface area contributed by atoms with Crippen LogP contribution in [0.1, 0.15) is 51.8 Å². The predicted octanol–water partition coefficient (Wildman–Crippen LogP) is 3.81. The lowest BCUT2D eigenvalue weighted by molar-refractivity contribution is -0.144. The number of amides is 3. The maximum Gasteiger partial charge on any atom is 0.408 e. The summed E-state index contributed by atoms with van der Waals surface area (Å²) >= 11 is 4.26. The summed E-state index contributed by atoms with van der Waals surface area (Å²) in [7, 11) is 0. The molecule has 0 aromatic heterocycles. The third-order valence-electron chi connectivity index (χ3n) is 5.00. The number of phenolic OH excluding ortho intramolecular Hbond substituents is 1. The summed E-state index contributed by atoms with van der Waals surface area (Å²) in [6, 6.07) is 13.1. The molecule has 2 rings (SSSR count). The minimum atomic E-state index is -1.05. The zero-order chi connectivity index (χ0) is 26.2. The number of ether oxygens (including phenoxy) is 1. The van der Waals surface area contributed by atoms with Crippen molar-refractivity contribution in [3.63, 3.8) is 0 Å². The van der Waals surface area contributed by atoms with Gasteiger partial charge in [-0.25, -0.2) is 4.79 Å². The fraction of sp³-hybridized carbons (Fsp3) is 0.423. The molecular weight excluding hydrogens is 466 g/mol. The highest BCUT2D eigenvalue weighted by Gasteiger charge is 2.37. The van der Waals surface area contributed by atoms with E-state index in [1.807, 2.05) is 30.3 Å². The van der Waals surface area contributed by atoms with Gasteiger partial charge >= 0.3 is 6.09 Å². The number of hydrogen-bond acceptors (Lipinski definition) is 6. The van der Waals surface area contributed by atoms with E-state index in [1.54, 1.807) is 46.8 Å². The normalized spacial score (nSPS) is 13.0. The van der Waals surface area contributed by atoms with Crippen LogP contribution in [-0.4, -0.2) is 51.4 Å². The SMILES string of the molecule is CC(C)N(C(=O)C(CS)NC(=O)OC(C)(C)C)C(C(=O)NCc1ccccc1)c1cccc(O)c1. The first-order chi connectivity index (χ1) is 16.4. The standard InChI is InChI=1S/C26H35N3O5S/c1-17(2)29(24(32)21(16-35)28-25(33)34-26(3,4)5)22(19-12-9-13-20(30)14-19)23(31)27-15-18-10-7-6-8-11-18/h6-14,17,21-22,30,35H,15-16H2,1-5H3,(H,27,31)(H,28,33). The molecular formula is C26H35N3O5S. The van der Waals surface area contributed by atoms with E-state index in [0.29, 0.717) is 5.56 Å². The van der Waals surface area contributed by atoms with E-state index in [9.17, 15) is 19.5 Å². The summed E-state index contributed by atoms with van der Waals surface area (Å²) in [5.41, 5.74) is 0.596. The highest BCUT2D eigenvalue weighted by Crippen LogP contribution is 2.27. The van der Waals surface area contributed by atoms with Crippen LogP contribution in [0, 0.1) is 0 Å². The second-order valence-electron chi connectivity index (χ2n) is 9.42. The number of carbonyl (C=O) groups is 3. The molecule has 190 valence electrons. The molecule has 0 aliphatic carbocycles. The van der Waals surface area contributed by atoms with E-state index in [4.69, 9.17) is 4.74 Å². The summed E-state index contributed by atoms with van der Waals surface area (Å²) < 4.78 is 5.29. The average Bonchev–Trinajstić information content (AvgIpc) is 2.78. The largest absolute Gasteiger partial charge is 0.508 e. The molecule has 0 bridgehead atoms. The monoisotopic (exact) mass is 501 g/mol. The summed E-state index contributed by atoms with van der Waals surface area (Å²) in [4.78, 5) is 40.9. The Morgan fingerprint density at radius 3 is 2.26 bits per heavy atom. The molecule has 2 aromatic rings. The van der Waals surface area contributed by atoms with Crippen LogP contribution in [0.4, 0.5) is 4.79 Å². The van der Waals surface area contributed by atoms with Crippen LogP contribution < -0.4 is 10.6 Å². The summed E-state index contributed by atoms with van der Waals surface area (Å²) in [6.45, 7) is 8.99. The van der Waals surface area contributed by atoms with Gasteiger partial charge < -0.3 is 25.4 Å². The number of aromatic hydroxyl groups is 1. The Morgan fingerprint density at radius 2 is 1.71 bits per heavy atom. The van der Waals surface area contributed by atoms with Gasteiger partial charge in [-0.05, 0) is 57.9 Å². The van der Waals surface area contributed by atoms with E-state index in [-0.39, 0.29) is 18.0 Å². The topological polar surface area (TPSA) is 108 Å². The van der Waals surface area contributed by atoms with E-state index in [0.717, 1.165) is 5.56 Å². The van der Waals surface area contributed by atoms with Crippen molar-refractivity contribution in [1.82, 2.24) is 15.5 Å². The van der Waals surface area contributed by atoms with Crippen LogP contribution in [-0.2, 0) is 20.9 Å². The van der Waals surface area contributed by atoms with Crippen LogP contribution >= 0.6 is 12.6 Å². The van der Waals surface area contributed by atoms with Crippen LogP contribution in [0.5, 0.6) is 5.75 Å². The molecule has 0 aliphatic rings. The van der Waals surface area contributed by atoms with Gasteiger partial charge in [-0.2, -0.15) is 12.6 Å². The number of nitrogens with zero attached hydrogens (tertiary/aromatic N) is 1.